The minimum atomic E-state index is -1.14. The largest absolute Gasteiger partial charge is 0.480 e. The third kappa shape index (κ3) is 3.25. The summed E-state index contributed by atoms with van der Waals surface area (Å²) in [6.07, 6.45) is 3.72. The monoisotopic (exact) mass is 281 g/mol. The molecule has 0 bridgehead atoms. The normalized spacial score (nSPS) is 18.5. The van der Waals surface area contributed by atoms with Crippen LogP contribution in [-0.2, 0) is 16.0 Å². The molecule has 1 saturated heterocycles. The number of amides is 3. The third-order valence-corrected chi connectivity index (χ3v) is 2.95. The fourth-order valence-corrected chi connectivity index (χ4v) is 1.90. The molecule has 0 aromatic carbocycles. The fraction of sp³-hybridized carbons (Fsp3) is 0.455. The van der Waals surface area contributed by atoms with Crippen LogP contribution < -0.4 is 10.6 Å². The van der Waals surface area contributed by atoms with Crippen LogP contribution in [0.15, 0.2) is 12.5 Å². The number of carbonyl (C=O) groups is 3. The zero-order chi connectivity index (χ0) is 14.5. The smallest absolute Gasteiger partial charge is 0.328 e. The van der Waals surface area contributed by atoms with Gasteiger partial charge in [-0.05, 0) is 0 Å². The Labute approximate surface area is 114 Å². The van der Waals surface area contributed by atoms with Crippen molar-refractivity contribution >= 4 is 17.9 Å². The van der Waals surface area contributed by atoms with E-state index in [0.29, 0.717) is 13.0 Å². The Kier molecular flexibility index (Phi) is 4.18. The van der Waals surface area contributed by atoms with Crippen LogP contribution >= 0.6 is 0 Å². The summed E-state index contributed by atoms with van der Waals surface area (Å²) in [5, 5.41) is 14.0. The summed E-state index contributed by atoms with van der Waals surface area (Å²) in [5.74, 6) is -1.51. The van der Waals surface area contributed by atoms with Crippen molar-refractivity contribution in [3.63, 3.8) is 0 Å². The summed E-state index contributed by atoms with van der Waals surface area (Å²) in [5.41, 5.74) is 0.858. The van der Waals surface area contributed by atoms with E-state index in [9.17, 15) is 14.4 Å². The quantitative estimate of drug-likeness (QED) is 0.536. The molecule has 4 N–H and O–H groups in total. The highest BCUT2D eigenvalue weighted by Gasteiger charge is 2.34. The molecule has 1 unspecified atom stereocenters. The molecule has 0 radical (unpaired) electrons. The van der Waals surface area contributed by atoms with E-state index in [0.717, 1.165) is 10.6 Å². The van der Waals surface area contributed by atoms with Crippen molar-refractivity contribution in [3.8, 4) is 0 Å². The Bertz CT molecular complexity index is 501. The maximum atomic E-state index is 11.9. The first-order chi connectivity index (χ1) is 9.58. The summed E-state index contributed by atoms with van der Waals surface area (Å²) in [6.45, 7) is -0.0134. The van der Waals surface area contributed by atoms with E-state index in [1.165, 1.54) is 6.33 Å². The highest BCUT2D eigenvalue weighted by molar-refractivity contribution is 5.90. The van der Waals surface area contributed by atoms with Crippen LogP contribution in [0.3, 0.4) is 0 Å². The molecule has 9 heteroatoms. The predicted molar refractivity (Wildman–Crippen MR) is 66.8 cm³/mol. The van der Waals surface area contributed by atoms with Crippen molar-refractivity contribution in [2.24, 2.45) is 0 Å². The molecule has 1 aromatic heterocycles. The van der Waals surface area contributed by atoms with E-state index < -0.39 is 18.0 Å². The van der Waals surface area contributed by atoms with Gasteiger partial charge in [0, 0.05) is 31.4 Å². The van der Waals surface area contributed by atoms with Crippen LogP contribution in [0.25, 0.3) is 0 Å². The van der Waals surface area contributed by atoms with Gasteiger partial charge in [-0.25, -0.2) is 14.6 Å². The highest BCUT2D eigenvalue weighted by atomic mass is 16.4. The number of urea groups is 1. The first-order valence-electron chi connectivity index (χ1n) is 6.09. The van der Waals surface area contributed by atoms with E-state index in [4.69, 9.17) is 5.11 Å². The van der Waals surface area contributed by atoms with Gasteiger partial charge < -0.3 is 20.7 Å². The molecule has 9 nitrogen and oxygen atoms in total. The van der Waals surface area contributed by atoms with Gasteiger partial charge in [-0.15, -0.1) is 0 Å². The molecule has 1 fully saturated rings. The second-order valence-corrected chi connectivity index (χ2v) is 4.34. The molecule has 0 aliphatic carbocycles. The van der Waals surface area contributed by atoms with E-state index in [-0.39, 0.29) is 19.0 Å². The lowest BCUT2D eigenvalue weighted by atomic mass is 10.2. The number of imidazole rings is 1. The van der Waals surface area contributed by atoms with Crippen LogP contribution in [0.1, 0.15) is 5.69 Å². The number of nitrogens with zero attached hydrogens (tertiary/aromatic N) is 2. The highest BCUT2D eigenvalue weighted by Crippen LogP contribution is 2.05. The molecule has 0 spiro atoms. The average molecular weight is 281 g/mol. The number of rotatable bonds is 4. The number of hydrogen-bond donors (Lipinski definition) is 4. The number of hydrogen-bond acceptors (Lipinski definition) is 4. The zero-order valence-electron chi connectivity index (χ0n) is 10.6. The fourth-order valence-electron chi connectivity index (χ4n) is 1.90. The number of H-pyrrole nitrogens is 1. The Morgan fingerprint density at radius 1 is 1.55 bits per heavy atom. The average Bonchev–Trinajstić information content (AvgIpc) is 2.91. The summed E-state index contributed by atoms with van der Waals surface area (Å²) >= 11 is 0. The topological polar surface area (TPSA) is 127 Å². The molecule has 1 aliphatic rings. The molecule has 1 aliphatic heterocycles. The molecule has 20 heavy (non-hydrogen) atoms. The lowest BCUT2D eigenvalue weighted by Crippen LogP contribution is -2.61. The number of carbonyl (C=O) groups excluding carboxylic acids is 2. The second kappa shape index (κ2) is 6.04. The number of aromatic amines is 1. The molecular formula is C11H15N5O4. The van der Waals surface area contributed by atoms with Crippen molar-refractivity contribution in [2.45, 2.75) is 12.5 Å². The van der Waals surface area contributed by atoms with E-state index in [2.05, 4.69) is 20.6 Å². The zero-order valence-corrected chi connectivity index (χ0v) is 10.6. The van der Waals surface area contributed by atoms with E-state index >= 15 is 0 Å². The van der Waals surface area contributed by atoms with Gasteiger partial charge in [-0.1, -0.05) is 0 Å². The number of carboxylic acids is 1. The van der Waals surface area contributed by atoms with Gasteiger partial charge in [-0.2, -0.15) is 0 Å². The molecule has 1 atom stereocenters. The summed E-state index contributed by atoms with van der Waals surface area (Å²) in [7, 11) is 0. The maximum Gasteiger partial charge on any atom is 0.328 e. The molecule has 3 amide bonds. The Hall–Kier alpha value is -2.58. The van der Waals surface area contributed by atoms with Gasteiger partial charge in [0.15, 0.2) is 0 Å². The number of aromatic nitrogens is 2. The molecule has 2 rings (SSSR count). The van der Waals surface area contributed by atoms with Gasteiger partial charge >= 0.3 is 12.0 Å². The first kappa shape index (κ1) is 13.8. The van der Waals surface area contributed by atoms with Gasteiger partial charge in [0.1, 0.15) is 12.6 Å². The van der Waals surface area contributed by atoms with Gasteiger partial charge in [0.2, 0.25) is 5.91 Å². The van der Waals surface area contributed by atoms with Crippen LogP contribution in [0.2, 0.25) is 0 Å². The number of carboxylic acid groups (broad SMARTS) is 1. The van der Waals surface area contributed by atoms with Gasteiger partial charge in [0.25, 0.3) is 0 Å². The summed E-state index contributed by atoms with van der Waals surface area (Å²) < 4.78 is 0. The minimum Gasteiger partial charge on any atom is -0.480 e. The second-order valence-electron chi connectivity index (χ2n) is 4.34. The standard InChI is InChI=1S/C11H15N5O4/c17-9-5-16(8(4-14-9)10(18)19)11(20)13-2-1-7-3-12-6-15-7/h3,6,8H,1-2,4-5H2,(H,12,15)(H,13,20)(H,14,17)(H,18,19). The van der Waals surface area contributed by atoms with Crippen molar-refractivity contribution in [1.82, 2.24) is 25.5 Å². The SMILES string of the molecule is O=C1CN(C(=O)NCCc2cnc[nH]2)C(C(=O)O)CN1. The lowest BCUT2D eigenvalue weighted by molar-refractivity contribution is -0.144. The van der Waals surface area contributed by atoms with Gasteiger partial charge in [-0.3, -0.25) is 9.69 Å². The summed E-state index contributed by atoms with van der Waals surface area (Å²) in [6, 6.07) is -1.60. The van der Waals surface area contributed by atoms with Crippen LogP contribution in [0.4, 0.5) is 4.79 Å². The van der Waals surface area contributed by atoms with Crippen molar-refractivity contribution in [1.29, 1.82) is 0 Å². The third-order valence-electron chi connectivity index (χ3n) is 2.95. The molecule has 0 saturated carbocycles. The molecule has 108 valence electrons. The Morgan fingerprint density at radius 3 is 3.00 bits per heavy atom. The minimum absolute atomic E-state index is 0.0812. The van der Waals surface area contributed by atoms with Crippen molar-refractivity contribution in [3.05, 3.63) is 18.2 Å². The maximum absolute atomic E-state index is 11.9. The predicted octanol–water partition coefficient (Wildman–Crippen LogP) is -1.45. The Balaban J connectivity index is 1.88. The van der Waals surface area contributed by atoms with Crippen LogP contribution in [0, 0.1) is 0 Å². The van der Waals surface area contributed by atoms with Crippen LogP contribution in [-0.4, -0.2) is 63.6 Å². The Morgan fingerprint density at radius 2 is 2.35 bits per heavy atom. The number of piperazine rings is 1. The van der Waals surface area contributed by atoms with Crippen molar-refractivity contribution < 1.29 is 19.5 Å². The number of aliphatic carboxylic acids is 1. The van der Waals surface area contributed by atoms with Crippen molar-refractivity contribution in [2.75, 3.05) is 19.6 Å². The molecule has 1 aromatic rings. The number of nitrogens with one attached hydrogen (secondary N) is 3. The van der Waals surface area contributed by atoms with E-state index in [1.807, 2.05) is 0 Å². The lowest BCUT2D eigenvalue weighted by Gasteiger charge is -2.32. The molecule has 2 heterocycles. The van der Waals surface area contributed by atoms with Gasteiger partial charge in [0.05, 0.1) is 6.33 Å². The summed E-state index contributed by atoms with van der Waals surface area (Å²) in [4.78, 5) is 42.0. The first-order valence-corrected chi connectivity index (χ1v) is 6.09. The van der Waals surface area contributed by atoms with Crippen LogP contribution in [0.5, 0.6) is 0 Å². The van der Waals surface area contributed by atoms with E-state index in [1.54, 1.807) is 6.20 Å². The molecular weight excluding hydrogens is 266 g/mol.